The monoisotopic (exact) mass is 340 g/mol. The molecule has 0 spiro atoms. The van der Waals surface area contributed by atoms with E-state index in [-0.39, 0.29) is 0 Å². The van der Waals surface area contributed by atoms with Crippen molar-refractivity contribution >= 4 is 38.5 Å². The van der Waals surface area contributed by atoms with E-state index in [9.17, 15) is 0 Å². The maximum atomic E-state index is 4.60. The minimum Gasteiger partial charge on any atom is -0.335 e. The molecule has 0 saturated carbocycles. The topological polar surface area (TPSA) is 24.4 Å². The zero-order valence-corrected chi connectivity index (χ0v) is 14.4. The van der Waals surface area contributed by atoms with Crippen molar-refractivity contribution in [2.75, 3.05) is 11.9 Å². The number of halogens is 1. The highest BCUT2D eigenvalue weighted by molar-refractivity contribution is 9.10. The first-order chi connectivity index (χ1) is 8.95. The van der Waals surface area contributed by atoms with E-state index in [1.807, 2.05) is 11.8 Å². The largest absolute Gasteiger partial charge is 0.335 e. The van der Waals surface area contributed by atoms with Crippen LogP contribution in [0.25, 0.3) is 0 Å². The molecule has 0 bridgehead atoms. The van der Waals surface area contributed by atoms with Crippen molar-refractivity contribution in [2.45, 2.75) is 39.4 Å². The van der Waals surface area contributed by atoms with Crippen molar-refractivity contribution in [1.82, 2.24) is 0 Å². The van der Waals surface area contributed by atoms with E-state index in [4.69, 9.17) is 0 Å². The Hall–Kier alpha value is -0.480. The van der Waals surface area contributed by atoms with E-state index in [0.717, 1.165) is 23.3 Å². The average molecular weight is 341 g/mol. The van der Waals surface area contributed by atoms with Gasteiger partial charge >= 0.3 is 0 Å². The van der Waals surface area contributed by atoms with E-state index in [1.54, 1.807) is 0 Å². The summed E-state index contributed by atoms with van der Waals surface area (Å²) in [6.07, 6.45) is 1.23. The fourth-order valence-corrected chi connectivity index (χ4v) is 3.78. The molecular weight excluding hydrogens is 320 g/mol. The van der Waals surface area contributed by atoms with Crippen LogP contribution in [0, 0.1) is 19.8 Å². The maximum absolute atomic E-state index is 4.60. The molecule has 0 amide bonds. The SMILES string of the molecule is Cc1cc(NC2=NCC(CC(C)C)S2)cc(C)c1Br. The zero-order chi connectivity index (χ0) is 14.0. The fraction of sp³-hybridized carbons (Fsp3) is 0.533. The number of thioether (sulfide) groups is 1. The first-order valence-corrected chi connectivity index (χ1v) is 8.38. The summed E-state index contributed by atoms with van der Waals surface area (Å²) in [6.45, 7) is 9.72. The second-order valence-electron chi connectivity index (χ2n) is 5.56. The molecule has 0 radical (unpaired) electrons. The number of amidine groups is 1. The quantitative estimate of drug-likeness (QED) is 0.837. The number of nitrogens with one attached hydrogen (secondary N) is 1. The highest BCUT2D eigenvalue weighted by atomic mass is 79.9. The van der Waals surface area contributed by atoms with Gasteiger partial charge in [0.1, 0.15) is 0 Å². The van der Waals surface area contributed by atoms with Crippen LogP contribution in [0.2, 0.25) is 0 Å². The molecule has 1 heterocycles. The smallest absolute Gasteiger partial charge is 0.161 e. The number of hydrogen-bond acceptors (Lipinski definition) is 3. The van der Waals surface area contributed by atoms with Gasteiger partial charge in [-0.05, 0) is 49.4 Å². The molecule has 0 fully saturated rings. The van der Waals surface area contributed by atoms with Crippen LogP contribution in [-0.2, 0) is 0 Å². The number of aliphatic imine (C=N–C) groups is 1. The van der Waals surface area contributed by atoms with Gasteiger partial charge in [-0.2, -0.15) is 0 Å². The molecule has 1 N–H and O–H groups in total. The van der Waals surface area contributed by atoms with Gasteiger partial charge in [0.05, 0.1) is 6.54 Å². The Morgan fingerprint density at radius 1 is 1.37 bits per heavy atom. The Morgan fingerprint density at radius 3 is 2.58 bits per heavy atom. The molecule has 104 valence electrons. The van der Waals surface area contributed by atoms with Gasteiger partial charge in [0.2, 0.25) is 0 Å². The number of anilines is 1. The Kier molecular flexibility index (Phi) is 4.96. The van der Waals surface area contributed by atoms with Crippen molar-refractivity contribution < 1.29 is 0 Å². The van der Waals surface area contributed by atoms with E-state index in [1.165, 1.54) is 22.0 Å². The fourth-order valence-electron chi connectivity index (χ4n) is 2.28. The number of nitrogens with zero attached hydrogens (tertiary/aromatic N) is 1. The van der Waals surface area contributed by atoms with Crippen molar-refractivity contribution in [3.63, 3.8) is 0 Å². The highest BCUT2D eigenvalue weighted by Gasteiger charge is 2.20. The molecule has 1 aliphatic heterocycles. The van der Waals surface area contributed by atoms with Crippen LogP contribution in [0.3, 0.4) is 0 Å². The summed E-state index contributed by atoms with van der Waals surface area (Å²) in [5, 5.41) is 5.15. The van der Waals surface area contributed by atoms with Gasteiger partial charge in [-0.25, -0.2) is 0 Å². The summed E-state index contributed by atoms with van der Waals surface area (Å²) in [6, 6.07) is 4.33. The van der Waals surface area contributed by atoms with Crippen molar-refractivity contribution in [1.29, 1.82) is 0 Å². The van der Waals surface area contributed by atoms with Gasteiger partial charge in [-0.3, -0.25) is 4.99 Å². The number of hydrogen-bond donors (Lipinski definition) is 1. The third-order valence-electron chi connectivity index (χ3n) is 3.14. The summed E-state index contributed by atoms with van der Waals surface area (Å²) in [5.41, 5.74) is 3.64. The van der Waals surface area contributed by atoms with Gasteiger partial charge in [0.25, 0.3) is 0 Å². The van der Waals surface area contributed by atoms with Crippen LogP contribution in [0.4, 0.5) is 5.69 Å². The average Bonchev–Trinajstić information content (AvgIpc) is 2.72. The predicted molar refractivity (Wildman–Crippen MR) is 90.4 cm³/mol. The van der Waals surface area contributed by atoms with Crippen LogP contribution >= 0.6 is 27.7 Å². The Morgan fingerprint density at radius 2 is 2.00 bits per heavy atom. The van der Waals surface area contributed by atoms with E-state index >= 15 is 0 Å². The second-order valence-corrected chi connectivity index (χ2v) is 7.65. The highest BCUT2D eigenvalue weighted by Crippen LogP contribution is 2.29. The van der Waals surface area contributed by atoms with E-state index in [2.05, 4.69) is 66.1 Å². The summed E-state index contributed by atoms with van der Waals surface area (Å²) < 4.78 is 1.19. The normalized spacial score (nSPS) is 18.8. The van der Waals surface area contributed by atoms with Gasteiger partial charge in [-0.15, -0.1) is 0 Å². The first kappa shape index (κ1) is 14.9. The lowest BCUT2D eigenvalue weighted by Gasteiger charge is -2.12. The molecule has 0 saturated heterocycles. The van der Waals surface area contributed by atoms with Crippen LogP contribution in [0.15, 0.2) is 21.6 Å². The molecule has 1 unspecified atom stereocenters. The maximum Gasteiger partial charge on any atom is 0.161 e. The summed E-state index contributed by atoms with van der Waals surface area (Å²) in [7, 11) is 0. The van der Waals surface area contributed by atoms with Gasteiger partial charge < -0.3 is 5.32 Å². The molecule has 0 aliphatic carbocycles. The van der Waals surface area contributed by atoms with Crippen molar-refractivity contribution in [2.24, 2.45) is 10.9 Å². The minimum absolute atomic E-state index is 0.639. The first-order valence-electron chi connectivity index (χ1n) is 6.70. The Bertz CT molecular complexity index is 474. The molecule has 1 aliphatic rings. The zero-order valence-electron chi connectivity index (χ0n) is 12.0. The van der Waals surface area contributed by atoms with Crippen LogP contribution in [0.1, 0.15) is 31.4 Å². The number of aryl methyl sites for hydroxylation is 2. The number of rotatable bonds is 3. The van der Waals surface area contributed by atoms with Gasteiger partial charge in [0.15, 0.2) is 5.17 Å². The summed E-state index contributed by atoms with van der Waals surface area (Å²) in [4.78, 5) is 4.60. The van der Waals surface area contributed by atoms with Crippen LogP contribution in [-0.4, -0.2) is 17.0 Å². The van der Waals surface area contributed by atoms with Crippen molar-refractivity contribution in [3.8, 4) is 0 Å². The molecule has 2 rings (SSSR count). The van der Waals surface area contributed by atoms with Crippen LogP contribution in [0.5, 0.6) is 0 Å². The Labute approximate surface area is 128 Å². The molecule has 0 aromatic heterocycles. The molecule has 1 aromatic carbocycles. The molecule has 1 atom stereocenters. The van der Waals surface area contributed by atoms with Crippen molar-refractivity contribution in [3.05, 3.63) is 27.7 Å². The lowest BCUT2D eigenvalue weighted by molar-refractivity contribution is 0.575. The molecule has 1 aromatic rings. The van der Waals surface area contributed by atoms with Gasteiger partial charge in [0, 0.05) is 15.4 Å². The summed E-state index contributed by atoms with van der Waals surface area (Å²) in [5.74, 6) is 0.740. The molecular formula is C15H21BrN2S. The summed E-state index contributed by atoms with van der Waals surface area (Å²) >= 11 is 5.48. The third-order valence-corrected chi connectivity index (χ3v) is 5.52. The van der Waals surface area contributed by atoms with Gasteiger partial charge in [-0.1, -0.05) is 41.5 Å². The molecule has 2 nitrogen and oxygen atoms in total. The van der Waals surface area contributed by atoms with E-state index in [0.29, 0.717) is 5.25 Å². The predicted octanol–water partition coefficient (Wildman–Crippen LogP) is 5.00. The second kappa shape index (κ2) is 6.31. The lowest BCUT2D eigenvalue weighted by atomic mass is 10.1. The standard InChI is InChI=1S/C15H21BrN2S/c1-9(2)5-13-8-17-15(19-13)18-12-6-10(3)14(16)11(4)7-12/h6-7,9,13H,5,8H2,1-4H3,(H,17,18). The number of benzene rings is 1. The minimum atomic E-state index is 0.639. The van der Waals surface area contributed by atoms with Crippen LogP contribution < -0.4 is 5.32 Å². The molecule has 4 heteroatoms. The van der Waals surface area contributed by atoms with E-state index < -0.39 is 0 Å². The molecule has 19 heavy (non-hydrogen) atoms. The lowest BCUT2D eigenvalue weighted by Crippen LogP contribution is -2.10. The third kappa shape index (κ3) is 3.99. The Balaban J connectivity index is 2.00.